The zero-order valence-corrected chi connectivity index (χ0v) is 12.7. The van der Waals surface area contributed by atoms with Gasteiger partial charge in [0.2, 0.25) is 23.2 Å². The summed E-state index contributed by atoms with van der Waals surface area (Å²) < 4.78 is 118. The van der Waals surface area contributed by atoms with Crippen molar-refractivity contribution in [3.05, 3.63) is 57.7 Å². The van der Waals surface area contributed by atoms with Crippen LogP contribution >= 0.6 is 0 Å². The second-order valence-corrected chi connectivity index (χ2v) is 4.66. The monoisotopic (exact) mass is 386 g/mol. The van der Waals surface area contributed by atoms with Gasteiger partial charge in [0, 0.05) is 0 Å². The fourth-order valence-corrected chi connectivity index (χ4v) is 2.12. The van der Waals surface area contributed by atoms with E-state index in [-0.39, 0.29) is 0 Å². The number of benzene rings is 2. The van der Waals surface area contributed by atoms with Crippen molar-refractivity contribution < 1.29 is 49.4 Å². The smallest absolute Gasteiger partial charge is 0.210 e. The Morgan fingerprint density at radius 1 is 0.538 bits per heavy atom. The molecule has 0 aliphatic carbocycles. The molecule has 0 saturated heterocycles. The first-order valence-corrected chi connectivity index (χ1v) is 6.44. The summed E-state index contributed by atoms with van der Waals surface area (Å²) in [6.07, 6.45) is 0. The van der Waals surface area contributed by atoms with Crippen LogP contribution in [-0.4, -0.2) is 20.0 Å². The van der Waals surface area contributed by atoms with E-state index in [4.69, 9.17) is 0 Å². The molecule has 2 aromatic rings. The quantitative estimate of drug-likeness (QED) is 0.344. The van der Waals surface area contributed by atoms with Crippen LogP contribution in [-0.2, 0) is 0 Å². The zero-order valence-electron chi connectivity index (χ0n) is 12.7. The van der Waals surface area contributed by atoms with Gasteiger partial charge in [0.05, 0.1) is 14.2 Å². The minimum atomic E-state index is -2.58. The van der Waals surface area contributed by atoms with Crippen molar-refractivity contribution in [3.8, 4) is 11.5 Å². The Bertz CT molecular complexity index is 897. The van der Waals surface area contributed by atoms with Gasteiger partial charge in [-0.25, -0.2) is 26.3 Å². The molecule has 0 aliphatic rings. The van der Waals surface area contributed by atoms with Gasteiger partial charge in [0.15, 0.2) is 40.6 Å². The van der Waals surface area contributed by atoms with Crippen molar-refractivity contribution in [2.45, 2.75) is 0 Å². The minimum Gasteiger partial charge on any atom is -0.493 e. The van der Waals surface area contributed by atoms with Gasteiger partial charge in [-0.05, 0) is 0 Å². The van der Waals surface area contributed by atoms with Gasteiger partial charge in [-0.2, -0.15) is 8.78 Å². The molecule has 0 fully saturated rings. The molecule has 0 aromatic heterocycles. The Morgan fingerprint density at radius 3 is 1.35 bits per heavy atom. The topological polar surface area (TPSA) is 35.5 Å². The fourth-order valence-electron chi connectivity index (χ4n) is 2.12. The molecule has 0 unspecified atom stereocenters. The third kappa shape index (κ3) is 2.63. The van der Waals surface area contributed by atoms with Crippen LogP contribution in [0.25, 0.3) is 0 Å². The molecular formula is C15H6F8O3. The molecule has 11 heteroatoms. The summed E-state index contributed by atoms with van der Waals surface area (Å²) in [6, 6.07) is 0. The molecule has 0 radical (unpaired) electrons. The molecule has 0 spiro atoms. The molecule has 0 heterocycles. The maximum Gasteiger partial charge on any atom is 0.210 e. The Kier molecular flexibility index (Phi) is 5.10. The number of carbonyl (C=O) groups excluding carboxylic acids is 1. The van der Waals surface area contributed by atoms with Crippen LogP contribution in [0.3, 0.4) is 0 Å². The maximum atomic E-state index is 14.1. The number of ether oxygens (including phenoxy) is 2. The predicted molar refractivity (Wildman–Crippen MR) is 69.1 cm³/mol. The van der Waals surface area contributed by atoms with E-state index >= 15 is 0 Å². The molecule has 0 aliphatic heterocycles. The average molecular weight is 386 g/mol. The highest BCUT2D eigenvalue weighted by molar-refractivity contribution is 6.11. The lowest BCUT2D eigenvalue weighted by atomic mass is 9.99. The molecule has 2 rings (SSSR count). The van der Waals surface area contributed by atoms with E-state index < -0.39 is 74.9 Å². The summed E-state index contributed by atoms with van der Waals surface area (Å²) in [6.45, 7) is 0. The van der Waals surface area contributed by atoms with E-state index in [1.807, 2.05) is 0 Å². The molecule has 0 amide bonds. The Labute approximate surface area is 139 Å². The molecule has 2 aromatic carbocycles. The second-order valence-electron chi connectivity index (χ2n) is 4.66. The molecule has 0 saturated carbocycles. The van der Waals surface area contributed by atoms with E-state index in [1.165, 1.54) is 0 Å². The van der Waals surface area contributed by atoms with E-state index in [0.717, 1.165) is 7.11 Å². The zero-order chi connectivity index (χ0) is 19.9. The number of methoxy groups -OCH3 is 2. The van der Waals surface area contributed by atoms with E-state index in [0.29, 0.717) is 7.11 Å². The lowest BCUT2D eigenvalue weighted by Gasteiger charge is -2.15. The van der Waals surface area contributed by atoms with E-state index in [9.17, 15) is 39.9 Å². The Morgan fingerprint density at radius 2 is 0.923 bits per heavy atom. The number of carbonyl (C=O) groups is 1. The average Bonchev–Trinajstić information content (AvgIpc) is 2.61. The lowest BCUT2D eigenvalue weighted by Crippen LogP contribution is -2.17. The summed E-state index contributed by atoms with van der Waals surface area (Å²) in [4.78, 5) is 12.2. The highest BCUT2D eigenvalue weighted by Crippen LogP contribution is 2.38. The first kappa shape index (κ1) is 19.5. The SMILES string of the molecule is COc1c(F)c(F)c(C(=O)c2c(F)c(F)c(F)c(F)c2F)c(OC)c1F. The normalized spacial score (nSPS) is 10.8. The van der Waals surface area contributed by atoms with Crippen LogP contribution in [0.4, 0.5) is 35.1 Å². The van der Waals surface area contributed by atoms with Gasteiger partial charge in [-0.15, -0.1) is 0 Å². The summed E-state index contributed by atoms with van der Waals surface area (Å²) in [5.41, 5.74) is -3.82. The molecule has 0 N–H and O–H groups in total. The number of hydrogen-bond donors (Lipinski definition) is 0. The first-order valence-electron chi connectivity index (χ1n) is 6.44. The molecular weight excluding hydrogens is 380 g/mol. The van der Waals surface area contributed by atoms with Crippen LogP contribution in [0.1, 0.15) is 15.9 Å². The van der Waals surface area contributed by atoms with Crippen LogP contribution in [0.5, 0.6) is 11.5 Å². The van der Waals surface area contributed by atoms with Crippen molar-refractivity contribution >= 4 is 5.78 Å². The number of hydrogen-bond acceptors (Lipinski definition) is 3. The van der Waals surface area contributed by atoms with Gasteiger partial charge in [-0.3, -0.25) is 4.79 Å². The molecule has 0 bridgehead atoms. The summed E-state index contributed by atoms with van der Waals surface area (Å²) in [7, 11) is 1.43. The minimum absolute atomic E-state index is 0.685. The maximum absolute atomic E-state index is 14.1. The standard InChI is InChI=1S/C15H6F8O3/c1-25-14-4(7(18)11(22)15(26-2)12(14)23)13(24)3-5(16)8(19)10(21)9(20)6(3)17/h1-2H3. The number of ketones is 1. The molecule has 140 valence electrons. The summed E-state index contributed by atoms with van der Waals surface area (Å²) >= 11 is 0. The van der Waals surface area contributed by atoms with Crippen LogP contribution < -0.4 is 9.47 Å². The molecule has 26 heavy (non-hydrogen) atoms. The van der Waals surface area contributed by atoms with E-state index in [1.54, 1.807) is 0 Å². The van der Waals surface area contributed by atoms with Crippen molar-refractivity contribution in [1.82, 2.24) is 0 Å². The van der Waals surface area contributed by atoms with Gasteiger partial charge in [0.25, 0.3) is 0 Å². The van der Waals surface area contributed by atoms with Gasteiger partial charge >= 0.3 is 0 Å². The second kappa shape index (κ2) is 6.81. The van der Waals surface area contributed by atoms with Crippen molar-refractivity contribution in [1.29, 1.82) is 0 Å². The predicted octanol–water partition coefficient (Wildman–Crippen LogP) is 4.05. The molecule has 0 atom stereocenters. The van der Waals surface area contributed by atoms with E-state index in [2.05, 4.69) is 9.47 Å². The van der Waals surface area contributed by atoms with Crippen LogP contribution in [0.15, 0.2) is 0 Å². The largest absolute Gasteiger partial charge is 0.493 e. The van der Waals surface area contributed by atoms with Crippen molar-refractivity contribution in [2.24, 2.45) is 0 Å². The fraction of sp³-hybridized carbons (Fsp3) is 0.133. The lowest BCUT2D eigenvalue weighted by molar-refractivity contribution is 0.101. The van der Waals surface area contributed by atoms with Crippen LogP contribution in [0.2, 0.25) is 0 Å². The van der Waals surface area contributed by atoms with Crippen molar-refractivity contribution in [2.75, 3.05) is 14.2 Å². The number of halogens is 8. The Hall–Kier alpha value is -2.85. The van der Waals surface area contributed by atoms with Gasteiger partial charge in [-0.1, -0.05) is 0 Å². The van der Waals surface area contributed by atoms with Crippen LogP contribution in [0, 0.1) is 46.5 Å². The van der Waals surface area contributed by atoms with Gasteiger partial charge in [0.1, 0.15) is 11.1 Å². The summed E-state index contributed by atoms with van der Waals surface area (Å²) in [5.74, 6) is -23.7. The highest BCUT2D eigenvalue weighted by Gasteiger charge is 2.36. The third-order valence-corrected chi connectivity index (χ3v) is 3.31. The number of rotatable bonds is 4. The first-order chi connectivity index (χ1) is 12.1. The highest BCUT2D eigenvalue weighted by atomic mass is 19.2. The Balaban J connectivity index is 2.90. The third-order valence-electron chi connectivity index (χ3n) is 3.31. The van der Waals surface area contributed by atoms with Crippen molar-refractivity contribution in [3.63, 3.8) is 0 Å². The summed E-state index contributed by atoms with van der Waals surface area (Å²) in [5, 5.41) is 0. The van der Waals surface area contributed by atoms with Gasteiger partial charge < -0.3 is 9.47 Å². The molecule has 3 nitrogen and oxygen atoms in total.